The van der Waals surface area contributed by atoms with Gasteiger partial charge in [-0.2, -0.15) is 0 Å². The molecule has 1 aliphatic heterocycles. The van der Waals surface area contributed by atoms with Crippen molar-refractivity contribution in [3.8, 4) is 0 Å². The van der Waals surface area contributed by atoms with Crippen LogP contribution in [-0.4, -0.2) is 11.1 Å². The van der Waals surface area contributed by atoms with Gasteiger partial charge < -0.3 is 10.4 Å². The number of para-hydroxylation sites is 1. The zero-order chi connectivity index (χ0) is 16.6. The molecule has 0 fully saturated rings. The van der Waals surface area contributed by atoms with Crippen LogP contribution in [0.3, 0.4) is 0 Å². The molecule has 2 N–H and O–H groups in total. The molecule has 2 aromatic rings. The third kappa shape index (κ3) is 2.56. The number of carbonyl (C=O) groups is 1. The van der Waals surface area contributed by atoms with E-state index in [1.54, 1.807) is 24.3 Å². The van der Waals surface area contributed by atoms with Gasteiger partial charge in [-0.15, -0.1) is 0 Å². The minimum atomic E-state index is -2.03. The van der Waals surface area contributed by atoms with Gasteiger partial charge in [-0.25, -0.2) is 18.0 Å². The largest absolute Gasteiger partial charge is 0.478 e. The van der Waals surface area contributed by atoms with Crippen molar-refractivity contribution in [1.29, 1.82) is 0 Å². The average Bonchev–Trinajstić information content (AvgIpc) is 2.55. The molecule has 2 aromatic carbocycles. The molecule has 0 saturated heterocycles. The maximum absolute atomic E-state index is 15.0. The van der Waals surface area contributed by atoms with E-state index in [1.807, 2.05) is 0 Å². The summed E-state index contributed by atoms with van der Waals surface area (Å²) in [6.07, 6.45) is -0.852. The summed E-state index contributed by atoms with van der Waals surface area (Å²) in [6, 6.07) is 9.75. The van der Waals surface area contributed by atoms with Crippen LogP contribution in [-0.2, 0) is 4.79 Å². The van der Waals surface area contributed by atoms with Gasteiger partial charge >= 0.3 is 5.97 Å². The topological polar surface area (TPSA) is 49.3 Å². The molecule has 23 heavy (non-hydrogen) atoms. The molecule has 0 spiro atoms. The zero-order valence-electron chi connectivity index (χ0n) is 11.8. The van der Waals surface area contributed by atoms with Crippen LogP contribution < -0.4 is 5.32 Å². The highest BCUT2D eigenvalue weighted by atomic mass is 19.2. The number of benzene rings is 2. The number of halogens is 3. The maximum atomic E-state index is 15.0. The van der Waals surface area contributed by atoms with Crippen molar-refractivity contribution in [2.24, 2.45) is 0 Å². The van der Waals surface area contributed by atoms with Crippen molar-refractivity contribution < 1.29 is 23.1 Å². The summed E-state index contributed by atoms with van der Waals surface area (Å²) in [6.45, 7) is 0. The van der Waals surface area contributed by atoms with E-state index in [0.29, 0.717) is 11.3 Å². The zero-order valence-corrected chi connectivity index (χ0v) is 11.8. The van der Waals surface area contributed by atoms with Crippen molar-refractivity contribution in [3.63, 3.8) is 0 Å². The number of alkyl halides is 1. The van der Waals surface area contributed by atoms with Crippen LogP contribution >= 0.6 is 0 Å². The lowest BCUT2D eigenvalue weighted by atomic mass is 9.82. The molecule has 2 atom stereocenters. The lowest BCUT2D eigenvalue weighted by Gasteiger charge is -2.28. The first-order valence-electron chi connectivity index (χ1n) is 6.87. The molecule has 0 radical (unpaired) electrons. The van der Waals surface area contributed by atoms with Crippen LogP contribution in [0.1, 0.15) is 23.2 Å². The summed E-state index contributed by atoms with van der Waals surface area (Å²) < 4.78 is 42.3. The Labute approximate surface area is 130 Å². The smallest absolute Gasteiger partial charge is 0.333 e. The quantitative estimate of drug-likeness (QED) is 0.893. The van der Waals surface area contributed by atoms with Crippen LogP contribution in [0.15, 0.2) is 54.2 Å². The molecular weight excluding hydrogens is 307 g/mol. The highest BCUT2D eigenvalue weighted by Gasteiger charge is 2.37. The third-order valence-electron chi connectivity index (χ3n) is 3.83. The molecule has 0 bridgehead atoms. The number of aliphatic carboxylic acids is 1. The fourth-order valence-electron chi connectivity index (χ4n) is 2.74. The Balaban J connectivity index is 2.13. The second-order valence-corrected chi connectivity index (χ2v) is 5.16. The molecule has 1 heterocycles. The highest BCUT2D eigenvalue weighted by molar-refractivity contribution is 5.91. The summed E-state index contributed by atoms with van der Waals surface area (Å²) in [5, 5.41) is 12.1. The number of anilines is 1. The Morgan fingerprint density at radius 3 is 2.61 bits per heavy atom. The van der Waals surface area contributed by atoms with Crippen molar-refractivity contribution in [2.45, 2.75) is 12.1 Å². The lowest BCUT2D eigenvalue weighted by Crippen LogP contribution is -2.22. The minimum absolute atomic E-state index is 0.250. The van der Waals surface area contributed by atoms with Crippen molar-refractivity contribution in [2.75, 3.05) is 5.32 Å². The standard InChI is InChI=1S/C17H12F3NO2/c18-12-6-3-5-10(15(12)19)16(20)14-9-4-1-2-7-13(9)21-8-11(14)17(22)23/h1-8,14,16,21H,(H,22,23). The molecule has 0 aliphatic carbocycles. The predicted octanol–water partition coefficient (Wildman–Crippen LogP) is 4.15. The average molecular weight is 319 g/mol. The maximum Gasteiger partial charge on any atom is 0.333 e. The molecule has 3 nitrogen and oxygen atoms in total. The van der Waals surface area contributed by atoms with E-state index in [9.17, 15) is 18.7 Å². The number of rotatable bonds is 3. The monoisotopic (exact) mass is 319 g/mol. The first-order chi connectivity index (χ1) is 11.0. The van der Waals surface area contributed by atoms with E-state index in [2.05, 4.69) is 5.32 Å². The van der Waals surface area contributed by atoms with Gasteiger partial charge in [0.25, 0.3) is 0 Å². The van der Waals surface area contributed by atoms with E-state index in [4.69, 9.17) is 0 Å². The Kier molecular flexibility index (Phi) is 3.82. The van der Waals surface area contributed by atoms with Gasteiger partial charge in [0, 0.05) is 17.5 Å². The SMILES string of the molecule is O=C(O)C1=CNc2ccccc2C1C(F)c1cccc(F)c1F. The summed E-state index contributed by atoms with van der Waals surface area (Å²) in [4.78, 5) is 11.4. The molecule has 118 valence electrons. The minimum Gasteiger partial charge on any atom is -0.478 e. The van der Waals surface area contributed by atoms with E-state index < -0.39 is 35.3 Å². The first kappa shape index (κ1) is 15.1. The van der Waals surface area contributed by atoms with Gasteiger partial charge in [0.1, 0.15) is 6.17 Å². The second kappa shape index (κ2) is 5.79. The lowest BCUT2D eigenvalue weighted by molar-refractivity contribution is -0.133. The van der Waals surface area contributed by atoms with Gasteiger partial charge in [-0.1, -0.05) is 30.3 Å². The Hall–Kier alpha value is -2.76. The molecule has 0 amide bonds. The number of fused-ring (bicyclic) bond motifs is 1. The fraction of sp³-hybridized carbons (Fsp3) is 0.118. The molecule has 3 rings (SSSR count). The molecule has 0 aromatic heterocycles. The Bertz CT molecular complexity index is 804. The normalized spacial score (nSPS) is 17.7. The van der Waals surface area contributed by atoms with Gasteiger partial charge in [-0.3, -0.25) is 0 Å². The summed E-state index contributed by atoms with van der Waals surface area (Å²) in [5.41, 5.74) is 0.157. The molecule has 1 aliphatic rings. The van der Waals surface area contributed by atoms with E-state index in [1.165, 1.54) is 12.3 Å². The van der Waals surface area contributed by atoms with Crippen LogP contribution in [0.2, 0.25) is 0 Å². The fourth-order valence-corrected chi connectivity index (χ4v) is 2.74. The van der Waals surface area contributed by atoms with Crippen molar-refractivity contribution >= 4 is 11.7 Å². The van der Waals surface area contributed by atoms with E-state index in [-0.39, 0.29) is 5.57 Å². The number of nitrogens with one attached hydrogen (secondary N) is 1. The Morgan fingerprint density at radius 1 is 1.13 bits per heavy atom. The van der Waals surface area contributed by atoms with Gasteiger partial charge in [0.15, 0.2) is 11.6 Å². The molecule has 6 heteroatoms. The molecule has 0 saturated carbocycles. The third-order valence-corrected chi connectivity index (χ3v) is 3.83. The Morgan fingerprint density at radius 2 is 1.87 bits per heavy atom. The van der Waals surface area contributed by atoms with Gasteiger partial charge in [0.05, 0.1) is 11.5 Å². The summed E-state index contributed by atoms with van der Waals surface area (Å²) in [5.74, 6) is -5.04. The molecule has 2 unspecified atom stereocenters. The summed E-state index contributed by atoms with van der Waals surface area (Å²) >= 11 is 0. The number of hydrogen-bond donors (Lipinski definition) is 2. The highest BCUT2D eigenvalue weighted by Crippen LogP contribution is 2.45. The molecular formula is C17H12F3NO2. The van der Waals surface area contributed by atoms with Crippen molar-refractivity contribution in [3.05, 3.63) is 77.0 Å². The van der Waals surface area contributed by atoms with E-state index >= 15 is 4.39 Å². The van der Waals surface area contributed by atoms with Crippen molar-refractivity contribution in [1.82, 2.24) is 0 Å². The van der Waals surface area contributed by atoms with Gasteiger partial charge in [-0.05, 0) is 17.7 Å². The number of carboxylic acids is 1. The number of hydrogen-bond acceptors (Lipinski definition) is 2. The van der Waals surface area contributed by atoms with E-state index in [0.717, 1.165) is 12.1 Å². The van der Waals surface area contributed by atoms with Crippen LogP contribution in [0, 0.1) is 11.6 Å². The number of carboxylic acid groups (broad SMARTS) is 1. The van der Waals surface area contributed by atoms with Crippen LogP contribution in [0.5, 0.6) is 0 Å². The van der Waals surface area contributed by atoms with Gasteiger partial charge in [0.2, 0.25) is 0 Å². The van der Waals surface area contributed by atoms with Crippen LogP contribution in [0.4, 0.5) is 18.9 Å². The summed E-state index contributed by atoms with van der Waals surface area (Å²) in [7, 11) is 0. The van der Waals surface area contributed by atoms with Crippen LogP contribution in [0.25, 0.3) is 0 Å². The first-order valence-corrected chi connectivity index (χ1v) is 6.87. The second-order valence-electron chi connectivity index (χ2n) is 5.16. The predicted molar refractivity (Wildman–Crippen MR) is 78.7 cm³/mol.